The minimum Gasteiger partial charge on any atom is -0.340 e. The molecule has 0 aliphatic heterocycles. The van der Waals surface area contributed by atoms with Crippen molar-refractivity contribution < 1.29 is 22.8 Å². The average Bonchev–Trinajstić information content (AvgIpc) is 3.25. The molecule has 0 bridgehead atoms. The lowest BCUT2D eigenvalue weighted by molar-refractivity contribution is -0.137. The van der Waals surface area contributed by atoms with Crippen LogP contribution >= 0.6 is 11.3 Å². The van der Waals surface area contributed by atoms with Gasteiger partial charge in [-0.25, -0.2) is 0 Å². The number of rotatable bonds is 7. The average molecular weight is 477 g/mol. The van der Waals surface area contributed by atoms with Crippen LogP contribution in [0.1, 0.15) is 41.8 Å². The number of carbonyl (C=O) groups excluding carboxylic acids is 2. The molecule has 2 amide bonds. The largest absolute Gasteiger partial charge is 0.416 e. The van der Waals surface area contributed by atoms with Crippen LogP contribution in [0, 0.1) is 12.8 Å². The predicted octanol–water partition coefficient (Wildman–Crippen LogP) is 5.32. The third-order valence-corrected chi connectivity index (χ3v) is 6.08. The van der Waals surface area contributed by atoms with Crippen molar-refractivity contribution in [3.8, 4) is 10.6 Å². The maximum atomic E-state index is 13.0. The van der Waals surface area contributed by atoms with Crippen LogP contribution in [0.5, 0.6) is 0 Å². The van der Waals surface area contributed by atoms with Gasteiger partial charge in [-0.1, -0.05) is 67.5 Å². The Morgan fingerprint density at radius 1 is 1.09 bits per heavy atom. The number of nitrogens with one attached hydrogen (secondary N) is 2. The highest BCUT2D eigenvalue weighted by Crippen LogP contribution is 2.30. The maximum Gasteiger partial charge on any atom is 0.416 e. The number of aromatic nitrogens is 2. The van der Waals surface area contributed by atoms with Crippen molar-refractivity contribution in [2.24, 2.45) is 5.92 Å². The van der Waals surface area contributed by atoms with Gasteiger partial charge < -0.3 is 5.32 Å². The molecule has 33 heavy (non-hydrogen) atoms. The number of hydrogen-bond donors (Lipinski definition) is 2. The zero-order valence-electron chi connectivity index (χ0n) is 18.2. The highest BCUT2D eigenvalue weighted by atomic mass is 32.1. The van der Waals surface area contributed by atoms with Crippen molar-refractivity contribution in [1.82, 2.24) is 15.5 Å². The Labute approximate surface area is 193 Å². The summed E-state index contributed by atoms with van der Waals surface area (Å²) in [5.41, 5.74) is 0.848. The molecule has 0 unspecified atom stereocenters. The SMILES string of the molecule is CC[C@H](C)[C@@H](NC(=O)c1cccc(C(F)(F)F)c1)C(=O)Nc1nnc(-c2ccc(C)cc2)s1. The lowest BCUT2D eigenvalue weighted by Crippen LogP contribution is -2.47. The summed E-state index contributed by atoms with van der Waals surface area (Å²) in [5.74, 6) is -1.56. The van der Waals surface area contributed by atoms with Crippen LogP contribution in [-0.2, 0) is 11.0 Å². The molecule has 6 nitrogen and oxygen atoms in total. The van der Waals surface area contributed by atoms with E-state index < -0.39 is 29.6 Å². The Kier molecular flexibility index (Phi) is 7.47. The number of hydrogen-bond acceptors (Lipinski definition) is 5. The molecule has 10 heteroatoms. The minimum atomic E-state index is -4.57. The minimum absolute atomic E-state index is 0.177. The highest BCUT2D eigenvalue weighted by Gasteiger charge is 2.32. The van der Waals surface area contributed by atoms with Gasteiger partial charge in [0.1, 0.15) is 11.0 Å². The fourth-order valence-electron chi connectivity index (χ4n) is 3.03. The van der Waals surface area contributed by atoms with Crippen LogP contribution in [0.25, 0.3) is 10.6 Å². The van der Waals surface area contributed by atoms with Gasteiger partial charge in [-0.05, 0) is 31.0 Å². The molecule has 1 aromatic heterocycles. The van der Waals surface area contributed by atoms with Crippen LogP contribution in [0.3, 0.4) is 0 Å². The van der Waals surface area contributed by atoms with Gasteiger partial charge in [-0.2, -0.15) is 13.2 Å². The zero-order valence-corrected chi connectivity index (χ0v) is 19.1. The topological polar surface area (TPSA) is 84.0 Å². The fraction of sp³-hybridized carbons (Fsp3) is 0.304. The zero-order chi connectivity index (χ0) is 24.2. The summed E-state index contributed by atoms with van der Waals surface area (Å²) < 4.78 is 39.0. The summed E-state index contributed by atoms with van der Waals surface area (Å²) in [7, 11) is 0. The molecule has 0 aliphatic rings. The maximum absolute atomic E-state index is 13.0. The van der Waals surface area contributed by atoms with E-state index in [0.29, 0.717) is 11.4 Å². The van der Waals surface area contributed by atoms with Gasteiger partial charge in [0.05, 0.1) is 5.56 Å². The van der Waals surface area contributed by atoms with Crippen molar-refractivity contribution in [2.75, 3.05) is 5.32 Å². The van der Waals surface area contributed by atoms with Crippen molar-refractivity contribution in [3.63, 3.8) is 0 Å². The quantitative estimate of drug-likeness (QED) is 0.484. The number of halogens is 3. The number of amides is 2. The summed E-state index contributed by atoms with van der Waals surface area (Å²) in [5, 5.41) is 14.2. The van der Waals surface area contributed by atoms with E-state index in [-0.39, 0.29) is 16.6 Å². The normalized spacial score (nSPS) is 13.3. The first-order valence-electron chi connectivity index (χ1n) is 10.3. The highest BCUT2D eigenvalue weighted by molar-refractivity contribution is 7.18. The summed E-state index contributed by atoms with van der Waals surface area (Å²) >= 11 is 1.18. The van der Waals surface area contributed by atoms with Gasteiger partial charge in [0.15, 0.2) is 0 Å². The molecule has 2 N–H and O–H groups in total. The molecule has 3 rings (SSSR count). The van der Waals surface area contributed by atoms with E-state index >= 15 is 0 Å². The molecule has 3 aromatic rings. The number of alkyl halides is 3. The van der Waals surface area contributed by atoms with E-state index in [9.17, 15) is 22.8 Å². The van der Waals surface area contributed by atoms with E-state index in [4.69, 9.17) is 0 Å². The van der Waals surface area contributed by atoms with Crippen molar-refractivity contribution in [2.45, 2.75) is 39.4 Å². The number of nitrogens with zero attached hydrogens (tertiary/aromatic N) is 2. The number of aryl methyl sites for hydroxylation is 1. The molecule has 174 valence electrons. The summed E-state index contributed by atoms with van der Waals surface area (Å²) in [6.45, 7) is 5.59. The first kappa shape index (κ1) is 24.4. The van der Waals surface area contributed by atoms with Gasteiger partial charge in [0.25, 0.3) is 5.91 Å². The van der Waals surface area contributed by atoms with E-state index in [1.165, 1.54) is 17.4 Å². The molecule has 0 saturated carbocycles. The molecule has 0 aliphatic carbocycles. The first-order chi connectivity index (χ1) is 15.6. The molecule has 2 atom stereocenters. The fourth-order valence-corrected chi connectivity index (χ4v) is 3.78. The molecule has 2 aromatic carbocycles. The van der Waals surface area contributed by atoms with Crippen molar-refractivity contribution in [1.29, 1.82) is 0 Å². The van der Waals surface area contributed by atoms with Crippen LogP contribution in [0.4, 0.5) is 18.3 Å². The second-order valence-electron chi connectivity index (χ2n) is 7.68. The summed E-state index contributed by atoms with van der Waals surface area (Å²) in [6.07, 6.45) is -4.01. The van der Waals surface area contributed by atoms with Crippen LogP contribution < -0.4 is 10.6 Å². The Balaban J connectivity index is 1.74. The van der Waals surface area contributed by atoms with Gasteiger partial charge >= 0.3 is 6.18 Å². The summed E-state index contributed by atoms with van der Waals surface area (Å²) in [6, 6.07) is 10.8. The lowest BCUT2D eigenvalue weighted by Gasteiger charge is -2.23. The van der Waals surface area contributed by atoms with E-state index in [1.807, 2.05) is 38.1 Å². The van der Waals surface area contributed by atoms with Gasteiger partial charge in [0, 0.05) is 11.1 Å². The van der Waals surface area contributed by atoms with Crippen molar-refractivity contribution >= 4 is 28.3 Å². The second kappa shape index (κ2) is 10.1. The van der Waals surface area contributed by atoms with Crippen LogP contribution in [0.2, 0.25) is 0 Å². The third-order valence-electron chi connectivity index (χ3n) is 5.19. The van der Waals surface area contributed by atoms with E-state index in [2.05, 4.69) is 20.8 Å². The van der Waals surface area contributed by atoms with Gasteiger partial charge in [-0.3, -0.25) is 14.9 Å². The van der Waals surface area contributed by atoms with Crippen molar-refractivity contribution in [3.05, 3.63) is 65.2 Å². The molecule has 0 spiro atoms. The lowest BCUT2D eigenvalue weighted by atomic mass is 9.97. The first-order valence-corrected chi connectivity index (χ1v) is 11.1. The second-order valence-corrected chi connectivity index (χ2v) is 8.66. The molecule has 1 heterocycles. The number of benzene rings is 2. The standard InChI is InChI=1S/C23H23F3N4O2S/c1-4-14(3)18(27-19(31)16-6-5-7-17(12-16)23(24,25)26)20(32)28-22-30-29-21(33-22)15-10-8-13(2)9-11-15/h5-12,14,18H,4H2,1-3H3,(H,27,31)(H,28,30,32)/t14-,18+/m0/s1. The molecular formula is C23H23F3N4O2S. The molecule has 0 saturated heterocycles. The number of anilines is 1. The number of carbonyl (C=O) groups is 2. The van der Waals surface area contributed by atoms with Crippen LogP contribution in [0.15, 0.2) is 48.5 Å². The van der Waals surface area contributed by atoms with Crippen LogP contribution in [-0.4, -0.2) is 28.1 Å². The van der Waals surface area contributed by atoms with Gasteiger partial charge in [-0.15, -0.1) is 10.2 Å². The predicted molar refractivity (Wildman–Crippen MR) is 121 cm³/mol. The van der Waals surface area contributed by atoms with E-state index in [0.717, 1.165) is 29.3 Å². The molecular weight excluding hydrogens is 453 g/mol. The summed E-state index contributed by atoms with van der Waals surface area (Å²) in [4.78, 5) is 25.6. The van der Waals surface area contributed by atoms with Gasteiger partial charge in [0.2, 0.25) is 11.0 Å². The Bertz CT molecular complexity index is 1130. The Morgan fingerprint density at radius 3 is 2.42 bits per heavy atom. The van der Waals surface area contributed by atoms with E-state index in [1.54, 1.807) is 6.92 Å². The molecule has 0 radical (unpaired) electrons. The third kappa shape index (κ3) is 6.16. The molecule has 0 fully saturated rings. The Hall–Kier alpha value is -3.27. The monoisotopic (exact) mass is 476 g/mol. The smallest absolute Gasteiger partial charge is 0.340 e. The Morgan fingerprint density at radius 2 is 1.79 bits per heavy atom.